The van der Waals surface area contributed by atoms with Gasteiger partial charge in [0.2, 0.25) is 0 Å². The summed E-state index contributed by atoms with van der Waals surface area (Å²) in [6.45, 7) is 3.13. The predicted octanol–water partition coefficient (Wildman–Crippen LogP) is 0.663. The van der Waals surface area contributed by atoms with Gasteiger partial charge >= 0.3 is 0 Å². The Balaban J connectivity index is 2.50. The summed E-state index contributed by atoms with van der Waals surface area (Å²) in [5.74, 6) is 0. The van der Waals surface area contributed by atoms with E-state index in [1.807, 2.05) is 19.6 Å². The van der Waals surface area contributed by atoms with E-state index in [4.69, 9.17) is 0 Å². The number of rotatable bonds is 3. The van der Waals surface area contributed by atoms with Crippen molar-refractivity contribution in [2.45, 2.75) is 13.0 Å². The van der Waals surface area contributed by atoms with Gasteiger partial charge in [0.05, 0.1) is 6.33 Å². The highest BCUT2D eigenvalue weighted by Gasteiger charge is 1.99. The molecular formula is C7H13N3. The van der Waals surface area contributed by atoms with Crippen LogP contribution < -0.4 is 5.32 Å². The summed E-state index contributed by atoms with van der Waals surface area (Å²) in [5.41, 5.74) is 0. The predicted molar refractivity (Wildman–Crippen MR) is 40.9 cm³/mol. The highest BCUT2D eigenvalue weighted by Crippen LogP contribution is 2.00. The zero-order chi connectivity index (χ0) is 7.40. The highest BCUT2D eigenvalue weighted by atomic mass is 15.1. The quantitative estimate of drug-likeness (QED) is 0.666. The second-order valence-electron chi connectivity index (χ2n) is 2.42. The van der Waals surface area contributed by atoms with Crippen molar-refractivity contribution in [2.75, 3.05) is 13.6 Å². The number of likely N-dealkylation sites (N-methyl/N-ethyl adjacent to an activating group) is 1. The lowest BCUT2D eigenvalue weighted by molar-refractivity contribution is 0.517. The van der Waals surface area contributed by atoms with Crippen LogP contribution in [0.3, 0.4) is 0 Å². The fourth-order valence-electron chi connectivity index (χ4n) is 0.931. The molecule has 0 radical (unpaired) electrons. The van der Waals surface area contributed by atoms with E-state index in [0.29, 0.717) is 6.04 Å². The van der Waals surface area contributed by atoms with Crippen LogP contribution in [0.1, 0.15) is 13.0 Å². The molecule has 0 spiro atoms. The van der Waals surface area contributed by atoms with E-state index in [9.17, 15) is 0 Å². The maximum absolute atomic E-state index is 3.96. The Labute approximate surface area is 61.1 Å². The first-order valence-electron chi connectivity index (χ1n) is 3.46. The monoisotopic (exact) mass is 139 g/mol. The molecule has 0 saturated carbocycles. The van der Waals surface area contributed by atoms with E-state index in [2.05, 4.69) is 21.8 Å². The molecule has 0 aromatic carbocycles. The summed E-state index contributed by atoms with van der Waals surface area (Å²) in [4.78, 5) is 3.96. The number of hydrogen-bond donors (Lipinski definition) is 1. The van der Waals surface area contributed by atoms with E-state index in [1.54, 1.807) is 6.20 Å². The summed E-state index contributed by atoms with van der Waals surface area (Å²) in [7, 11) is 1.95. The van der Waals surface area contributed by atoms with Crippen molar-refractivity contribution < 1.29 is 0 Å². The van der Waals surface area contributed by atoms with Crippen molar-refractivity contribution in [2.24, 2.45) is 0 Å². The number of aromatic nitrogens is 2. The molecule has 1 unspecified atom stereocenters. The molecule has 0 fully saturated rings. The van der Waals surface area contributed by atoms with Gasteiger partial charge in [-0.15, -0.1) is 0 Å². The van der Waals surface area contributed by atoms with E-state index < -0.39 is 0 Å². The van der Waals surface area contributed by atoms with Gasteiger partial charge in [0, 0.05) is 25.0 Å². The van der Waals surface area contributed by atoms with Gasteiger partial charge in [-0.2, -0.15) is 0 Å². The van der Waals surface area contributed by atoms with Crippen LogP contribution in [0, 0.1) is 0 Å². The minimum Gasteiger partial charge on any atom is -0.333 e. The number of nitrogens with zero attached hydrogens (tertiary/aromatic N) is 2. The number of imidazole rings is 1. The van der Waals surface area contributed by atoms with Crippen molar-refractivity contribution in [3.63, 3.8) is 0 Å². The van der Waals surface area contributed by atoms with Crippen molar-refractivity contribution in [1.29, 1.82) is 0 Å². The van der Waals surface area contributed by atoms with Crippen molar-refractivity contribution in [1.82, 2.24) is 14.9 Å². The zero-order valence-electron chi connectivity index (χ0n) is 6.41. The highest BCUT2D eigenvalue weighted by molar-refractivity contribution is 4.78. The van der Waals surface area contributed by atoms with Crippen LogP contribution >= 0.6 is 0 Å². The molecule has 3 nitrogen and oxygen atoms in total. The van der Waals surface area contributed by atoms with Gasteiger partial charge in [0.25, 0.3) is 0 Å². The first-order valence-corrected chi connectivity index (χ1v) is 3.46. The van der Waals surface area contributed by atoms with Crippen LogP contribution in [0.15, 0.2) is 18.7 Å². The second-order valence-corrected chi connectivity index (χ2v) is 2.42. The second kappa shape index (κ2) is 3.37. The van der Waals surface area contributed by atoms with Gasteiger partial charge in [0.15, 0.2) is 0 Å². The van der Waals surface area contributed by atoms with Crippen molar-refractivity contribution in [3.05, 3.63) is 18.7 Å². The van der Waals surface area contributed by atoms with Crippen molar-refractivity contribution >= 4 is 0 Å². The Kier molecular flexibility index (Phi) is 2.45. The first-order chi connectivity index (χ1) is 4.84. The largest absolute Gasteiger partial charge is 0.333 e. The molecule has 0 aliphatic carbocycles. The number of nitrogens with one attached hydrogen (secondary N) is 1. The summed E-state index contributed by atoms with van der Waals surface area (Å²) in [6.07, 6.45) is 5.61. The lowest BCUT2D eigenvalue weighted by Gasteiger charge is -2.10. The average molecular weight is 139 g/mol. The topological polar surface area (TPSA) is 29.9 Å². The van der Waals surface area contributed by atoms with Crippen LogP contribution in [-0.2, 0) is 0 Å². The lowest BCUT2D eigenvalue weighted by atomic mass is 10.3. The third-order valence-corrected chi connectivity index (χ3v) is 1.53. The summed E-state index contributed by atoms with van der Waals surface area (Å²) in [5, 5.41) is 3.11. The van der Waals surface area contributed by atoms with Crippen LogP contribution in [0.4, 0.5) is 0 Å². The summed E-state index contributed by atoms with van der Waals surface area (Å²) >= 11 is 0. The SMILES string of the molecule is CNCC(C)n1ccnc1. The molecule has 0 saturated heterocycles. The zero-order valence-corrected chi connectivity index (χ0v) is 6.41. The molecule has 10 heavy (non-hydrogen) atoms. The molecular weight excluding hydrogens is 126 g/mol. The molecule has 0 aliphatic rings. The maximum atomic E-state index is 3.96. The van der Waals surface area contributed by atoms with Crippen molar-refractivity contribution in [3.8, 4) is 0 Å². The molecule has 1 rings (SSSR count). The molecule has 1 aromatic rings. The van der Waals surface area contributed by atoms with E-state index >= 15 is 0 Å². The fraction of sp³-hybridized carbons (Fsp3) is 0.571. The fourth-order valence-corrected chi connectivity index (χ4v) is 0.931. The molecule has 1 atom stereocenters. The Morgan fingerprint density at radius 3 is 3.00 bits per heavy atom. The maximum Gasteiger partial charge on any atom is 0.0948 e. The number of hydrogen-bond acceptors (Lipinski definition) is 2. The van der Waals surface area contributed by atoms with E-state index in [1.165, 1.54) is 0 Å². The first kappa shape index (κ1) is 7.28. The van der Waals surface area contributed by atoms with Gasteiger partial charge in [-0.1, -0.05) is 0 Å². The van der Waals surface area contributed by atoms with Gasteiger partial charge in [-0.25, -0.2) is 4.98 Å². The molecule has 1 aromatic heterocycles. The molecule has 0 aliphatic heterocycles. The normalized spacial score (nSPS) is 13.4. The Bertz CT molecular complexity index is 169. The summed E-state index contributed by atoms with van der Waals surface area (Å²) < 4.78 is 2.08. The van der Waals surface area contributed by atoms with Gasteiger partial charge in [-0.3, -0.25) is 0 Å². The van der Waals surface area contributed by atoms with Crippen LogP contribution in [0.5, 0.6) is 0 Å². The molecule has 1 N–H and O–H groups in total. The van der Waals surface area contributed by atoms with Gasteiger partial charge in [0.1, 0.15) is 0 Å². The summed E-state index contributed by atoms with van der Waals surface area (Å²) in [6, 6.07) is 0.493. The minimum atomic E-state index is 0.493. The molecule has 0 amide bonds. The molecule has 56 valence electrons. The van der Waals surface area contributed by atoms with Crippen LogP contribution in [0.25, 0.3) is 0 Å². The Morgan fingerprint density at radius 1 is 1.70 bits per heavy atom. The van der Waals surface area contributed by atoms with Gasteiger partial charge in [-0.05, 0) is 14.0 Å². The molecule has 1 heterocycles. The Hall–Kier alpha value is -0.830. The molecule has 3 heteroatoms. The van der Waals surface area contributed by atoms with Crippen LogP contribution in [0.2, 0.25) is 0 Å². The third-order valence-electron chi connectivity index (χ3n) is 1.53. The van der Waals surface area contributed by atoms with Crippen LogP contribution in [-0.4, -0.2) is 23.1 Å². The van der Waals surface area contributed by atoms with E-state index in [0.717, 1.165) is 6.54 Å². The Morgan fingerprint density at radius 2 is 2.50 bits per heavy atom. The van der Waals surface area contributed by atoms with Gasteiger partial charge < -0.3 is 9.88 Å². The minimum absolute atomic E-state index is 0.493. The average Bonchev–Trinajstić information content (AvgIpc) is 2.38. The smallest absolute Gasteiger partial charge is 0.0948 e. The molecule has 0 bridgehead atoms. The standard InChI is InChI=1S/C7H13N3/c1-7(5-8-2)10-4-3-9-6-10/h3-4,6-8H,5H2,1-2H3. The van der Waals surface area contributed by atoms with E-state index in [-0.39, 0.29) is 0 Å². The third kappa shape index (κ3) is 1.57. The lowest BCUT2D eigenvalue weighted by Crippen LogP contribution is -2.18.